The molecule has 1 aliphatic rings. The van der Waals surface area contributed by atoms with Crippen LogP contribution in [0.5, 0.6) is 46.0 Å². The Bertz CT molecular complexity index is 3380. The van der Waals surface area contributed by atoms with E-state index in [2.05, 4.69) is 44.2 Å². The second kappa shape index (κ2) is 30.6. The average Bonchev–Trinajstić information content (AvgIpc) is 3.12. The highest BCUT2D eigenvalue weighted by Crippen LogP contribution is 2.49. The summed E-state index contributed by atoms with van der Waals surface area (Å²) in [6, 6.07) is 44.2. The predicted octanol–water partition coefficient (Wildman–Crippen LogP) is 14.3. The number of hydrogen-bond donors (Lipinski definition) is 9. The molecular weight excluding hydrogens is 1100 g/mol. The van der Waals surface area contributed by atoms with Crippen molar-refractivity contribution < 1.29 is 55.5 Å². The molecule has 15 heteroatoms. The third-order valence-electron chi connectivity index (χ3n) is 14.5. The Morgan fingerprint density at radius 1 is 0.322 bits per heavy atom. The third kappa shape index (κ3) is 16.7. The highest BCUT2D eigenvalue weighted by Gasteiger charge is 2.29. The van der Waals surface area contributed by atoms with Crippen molar-refractivity contribution in [2.45, 2.75) is 58.3 Å². The molecular formula is C72H68N4O11. The number of aliphatic hydroxyl groups excluding tert-OH is 1. The Hall–Kier alpha value is -10.9. The van der Waals surface area contributed by atoms with Gasteiger partial charge in [0.05, 0.1) is 0 Å². The van der Waals surface area contributed by atoms with Gasteiger partial charge < -0.3 is 46.0 Å². The standard InChI is InChI=1S/C32H32O8.C14H10O2.2C12H10N2.C2H6O/c1-13-17-5-19(27(35)9-25(17)33)14(2)21-7-23(31(39)11-29(21)37)16(4)24-8-22(30(38)12-32(24)40)15(3)20-6-18(13)26(34)10-28(20)36;15-13(11-7-3-1-4-8-11)14(16)12-9-5-2-6-10-12;2*1(11-3-7-13-8-4-11)2-12-5-9-14-10-6-12;1-2-3/h5-16,33-40H,1-4H3;1-10H;2*1-10H;3H,2H2,1H3/b;;2*2-1+;. The first kappa shape index (κ1) is 63.7. The summed E-state index contributed by atoms with van der Waals surface area (Å²) in [5.41, 5.74) is 8.62. The van der Waals surface area contributed by atoms with E-state index < -0.39 is 35.2 Å². The van der Waals surface area contributed by atoms with E-state index in [1.165, 1.54) is 24.3 Å². The predicted molar refractivity (Wildman–Crippen MR) is 338 cm³/mol. The molecule has 0 saturated heterocycles. The van der Waals surface area contributed by atoms with Crippen molar-refractivity contribution in [3.8, 4) is 46.0 Å². The minimum atomic E-state index is -0.598. The lowest BCUT2D eigenvalue weighted by Gasteiger charge is -2.25. The first-order chi connectivity index (χ1) is 41.9. The number of Topliss-reactive ketones (excluding diaryl/α,β-unsaturated/α-hetero) is 2. The summed E-state index contributed by atoms with van der Waals surface area (Å²) in [6.45, 7) is 8.98. The molecule has 0 aliphatic heterocycles. The molecule has 10 aromatic rings. The fraction of sp³-hybridized carbons (Fsp3) is 0.139. The lowest BCUT2D eigenvalue weighted by Crippen LogP contribution is -2.14. The van der Waals surface area contributed by atoms with Gasteiger partial charge in [0.2, 0.25) is 11.6 Å². The van der Waals surface area contributed by atoms with Gasteiger partial charge in [0, 0.05) is 160 Å². The molecule has 87 heavy (non-hydrogen) atoms. The molecule has 0 atom stereocenters. The van der Waals surface area contributed by atoms with Crippen LogP contribution in [-0.2, 0) is 0 Å². The van der Waals surface area contributed by atoms with E-state index in [9.17, 15) is 50.4 Å². The van der Waals surface area contributed by atoms with Gasteiger partial charge >= 0.3 is 0 Å². The number of phenols is 8. The molecule has 0 saturated carbocycles. The summed E-state index contributed by atoms with van der Waals surface area (Å²) in [5, 5.41) is 94.1. The van der Waals surface area contributed by atoms with Crippen molar-refractivity contribution in [1.82, 2.24) is 19.9 Å². The first-order valence-corrected chi connectivity index (χ1v) is 27.9. The summed E-state index contributed by atoms with van der Waals surface area (Å²) < 4.78 is 0. The number of benzene rings is 6. The van der Waals surface area contributed by atoms with Crippen LogP contribution >= 0.6 is 0 Å². The van der Waals surface area contributed by atoms with Crippen LogP contribution in [0.15, 0.2) is 207 Å². The van der Waals surface area contributed by atoms with E-state index in [0.29, 0.717) is 55.6 Å². The minimum absolute atomic E-state index is 0.200. The zero-order chi connectivity index (χ0) is 62.6. The SMILES string of the molecule is C(=C\c1ccncc1)/c1ccncc1.C(=C\c1ccncc1)/c1ccncc1.CC1c2cc(c(O)cc2O)C(C)c2cc(c(O)cc2O)C(C)c2cc(c(O)cc2O)C(C)c2cc1c(O)cc2O.CCO.O=C(C(=O)c1ccccc1)c1ccccc1. The quantitative estimate of drug-likeness (QED) is 0.0530. The fourth-order valence-electron chi connectivity index (χ4n) is 9.62. The molecule has 8 bridgehead atoms. The highest BCUT2D eigenvalue weighted by atomic mass is 16.3. The summed E-state index contributed by atoms with van der Waals surface area (Å²) in [7, 11) is 0. The van der Waals surface area contributed by atoms with E-state index in [1.807, 2.05) is 60.7 Å². The van der Waals surface area contributed by atoms with Crippen LogP contribution < -0.4 is 0 Å². The first-order valence-electron chi connectivity index (χ1n) is 27.9. The molecule has 1 aliphatic carbocycles. The number of rotatable bonds is 7. The van der Waals surface area contributed by atoms with Gasteiger partial charge in [0.1, 0.15) is 46.0 Å². The lowest BCUT2D eigenvalue weighted by molar-refractivity contribution is 0.0817. The van der Waals surface area contributed by atoms with E-state index in [-0.39, 0.29) is 52.6 Å². The van der Waals surface area contributed by atoms with Crippen LogP contribution in [0.1, 0.15) is 146 Å². The number of phenolic OH excluding ortho intramolecular Hbond substituents is 8. The second-order valence-corrected chi connectivity index (χ2v) is 20.3. The van der Waals surface area contributed by atoms with Gasteiger partial charge in [-0.1, -0.05) is 113 Å². The Labute approximate surface area is 505 Å². The largest absolute Gasteiger partial charge is 0.508 e. The Morgan fingerprint density at radius 2 is 0.494 bits per heavy atom. The maximum absolute atomic E-state index is 11.8. The van der Waals surface area contributed by atoms with E-state index >= 15 is 0 Å². The molecule has 4 heterocycles. The van der Waals surface area contributed by atoms with Gasteiger partial charge in [-0.2, -0.15) is 0 Å². The third-order valence-corrected chi connectivity index (χ3v) is 14.5. The Kier molecular flexibility index (Phi) is 22.4. The van der Waals surface area contributed by atoms with Crippen LogP contribution in [0, 0.1) is 0 Å². The van der Waals surface area contributed by atoms with Crippen molar-refractivity contribution in [1.29, 1.82) is 0 Å². The number of fused-ring (bicyclic) bond motifs is 8. The van der Waals surface area contributed by atoms with E-state index in [0.717, 1.165) is 22.3 Å². The smallest absolute Gasteiger partial charge is 0.233 e. The molecule has 9 N–H and O–H groups in total. The number of hydrogen-bond acceptors (Lipinski definition) is 15. The fourth-order valence-corrected chi connectivity index (χ4v) is 9.62. The van der Waals surface area contributed by atoms with Crippen LogP contribution in [0.25, 0.3) is 24.3 Å². The van der Waals surface area contributed by atoms with Gasteiger partial charge in [-0.05, 0) is 102 Å². The summed E-state index contributed by atoms with van der Waals surface area (Å²) in [4.78, 5) is 39.4. The number of aromatic hydroxyl groups is 8. The number of pyridine rings is 4. The summed E-state index contributed by atoms with van der Waals surface area (Å²) >= 11 is 0. The van der Waals surface area contributed by atoms with Gasteiger partial charge in [0.25, 0.3) is 0 Å². The maximum Gasteiger partial charge on any atom is 0.233 e. The van der Waals surface area contributed by atoms with Crippen molar-refractivity contribution in [2.24, 2.45) is 0 Å². The Balaban J connectivity index is 0.000000187. The zero-order valence-corrected chi connectivity index (χ0v) is 48.6. The van der Waals surface area contributed by atoms with Crippen molar-refractivity contribution in [3.05, 3.63) is 285 Å². The second-order valence-electron chi connectivity index (χ2n) is 20.3. The lowest BCUT2D eigenvalue weighted by atomic mass is 9.81. The van der Waals surface area contributed by atoms with E-state index in [1.54, 1.807) is 157 Å². The molecule has 0 unspecified atom stereocenters. The van der Waals surface area contributed by atoms with Crippen molar-refractivity contribution >= 4 is 35.9 Å². The Morgan fingerprint density at radius 3 is 0.667 bits per heavy atom. The molecule has 11 rings (SSSR count). The number of carbonyl (C=O) groups is 2. The normalized spacial score (nSPS) is 14.7. The summed E-state index contributed by atoms with van der Waals surface area (Å²) in [6.07, 6.45) is 22.5. The molecule has 4 aromatic heterocycles. The molecule has 442 valence electrons. The zero-order valence-electron chi connectivity index (χ0n) is 48.6. The number of ketones is 2. The molecule has 15 nitrogen and oxygen atoms in total. The molecule has 0 spiro atoms. The monoisotopic (exact) mass is 1160 g/mol. The van der Waals surface area contributed by atoms with Gasteiger partial charge in [-0.15, -0.1) is 0 Å². The van der Waals surface area contributed by atoms with Gasteiger partial charge in [0.15, 0.2) is 0 Å². The number of aliphatic hydroxyl groups is 1. The van der Waals surface area contributed by atoms with Gasteiger partial charge in [-0.25, -0.2) is 0 Å². The topological polar surface area (TPSA) is 268 Å². The number of nitrogens with zero attached hydrogens (tertiary/aromatic N) is 4. The maximum atomic E-state index is 11.8. The van der Waals surface area contributed by atoms with Crippen LogP contribution in [0.3, 0.4) is 0 Å². The van der Waals surface area contributed by atoms with Crippen molar-refractivity contribution in [2.75, 3.05) is 6.61 Å². The molecule has 0 radical (unpaired) electrons. The number of carbonyl (C=O) groups excluding carboxylic acids is 2. The average molecular weight is 1170 g/mol. The highest BCUT2D eigenvalue weighted by molar-refractivity contribution is 6.49. The minimum Gasteiger partial charge on any atom is -0.508 e. The van der Waals surface area contributed by atoms with E-state index in [4.69, 9.17) is 5.11 Å². The molecule has 0 amide bonds. The van der Waals surface area contributed by atoms with Gasteiger partial charge in [-0.3, -0.25) is 29.5 Å². The van der Waals surface area contributed by atoms with Crippen LogP contribution in [0.2, 0.25) is 0 Å². The molecule has 6 aromatic carbocycles. The molecule has 0 fully saturated rings. The van der Waals surface area contributed by atoms with Crippen LogP contribution in [0.4, 0.5) is 0 Å². The summed E-state index contributed by atoms with van der Waals surface area (Å²) in [5.74, 6) is -4.92. The van der Waals surface area contributed by atoms with Crippen molar-refractivity contribution in [3.63, 3.8) is 0 Å². The van der Waals surface area contributed by atoms with Crippen LogP contribution in [-0.4, -0.2) is 84.1 Å². The number of aromatic nitrogens is 4.